The van der Waals surface area contributed by atoms with Gasteiger partial charge in [0.1, 0.15) is 20.8 Å². The first-order valence-corrected chi connectivity index (χ1v) is 7.21. The van der Waals surface area contributed by atoms with E-state index in [4.69, 9.17) is 23.2 Å². The molecule has 0 amide bonds. The highest BCUT2D eigenvalue weighted by Gasteiger charge is 2.27. The van der Waals surface area contributed by atoms with E-state index in [9.17, 15) is 18.5 Å². The topological polar surface area (TPSA) is 118 Å². The van der Waals surface area contributed by atoms with Gasteiger partial charge in [0.05, 0.1) is 11.1 Å². The fourth-order valence-electron chi connectivity index (χ4n) is 1.41. The number of aromatic nitrogens is 2. The van der Waals surface area contributed by atoms with Crippen molar-refractivity contribution in [2.24, 2.45) is 0 Å². The molecule has 0 atom stereocenters. The molecule has 0 saturated heterocycles. The first-order chi connectivity index (χ1) is 9.33. The lowest BCUT2D eigenvalue weighted by Gasteiger charge is -2.08. The monoisotopic (exact) mass is 336 g/mol. The molecule has 0 saturated carbocycles. The zero-order valence-corrected chi connectivity index (χ0v) is 11.8. The fourth-order valence-corrected chi connectivity index (χ4v) is 3.32. The minimum absolute atomic E-state index is 0.0960. The quantitative estimate of drug-likeness (QED) is 0.656. The second-order valence-electron chi connectivity index (χ2n) is 3.54. The molecule has 1 aromatic carbocycles. The predicted octanol–water partition coefficient (Wildman–Crippen LogP) is 2.43. The third-order valence-electron chi connectivity index (χ3n) is 2.25. The van der Waals surface area contributed by atoms with Gasteiger partial charge >= 0.3 is 5.69 Å². The number of anilines is 1. The average molecular weight is 337 g/mol. The van der Waals surface area contributed by atoms with Crippen molar-refractivity contribution in [2.45, 2.75) is 4.90 Å². The van der Waals surface area contributed by atoms with E-state index in [1.807, 2.05) is 0 Å². The van der Waals surface area contributed by atoms with Crippen molar-refractivity contribution in [3.05, 3.63) is 44.6 Å². The van der Waals surface area contributed by atoms with Crippen LogP contribution < -0.4 is 4.72 Å². The number of nitrogens with one attached hydrogen (secondary N) is 2. The lowest BCUT2D eigenvalue weighted by molar-refractivity contribution is -0.384. The van der Waals surface area contributed by atoms with E-state index in [2.05, 4.69) is 14.9 Å². The van der Waals surface area contributed by atoms with Gasteiger partial charge in [-0.05, 0) is 12.1 Å². The summed E-state index contributed by atoms with van der Waals surface area (Å²) in [7, 11) is -4.10. The van der Waals surface area contributed by atoms with Gasteiger partial charge in [-0.1, -0.05) is 23.2 Å². The van der Waals surface area contributed by atoms with Crippen LogP contribution in [0.5, 0.6) is 0 Å². The smallest absolute Gasteiger partial charge is 0.264 e. The molecular weight excluding hydrogens is 331 g/mol. The molecule has 0 radical (unpaired) electrons. The molecule has 0 fully saturated rings. The van der Waals surface area contributed by atoms with Crippen molar-refractivity contribution in [3.8, 4) is 0 Å². The highest BCUT2D eigenvalue weighted by atomic mass is 35.5. The maximum atomic E-state index is 12.1. The number of halogens is 2. The Hall–Kier alpha value is -1.84. The minimum Gasteiger partial charge on any atom is -0.264 e. The first kappa shape index (κ1) is 14.6. The van der Waals surface area contributed by atoms with Crippen LogP contribution >= 0.6 is 23.2 Å². The summed E-state index contributed by atoms with van der Waals surface area (Å²) in [5.41, 5.74) is -0.666. The van der Waals surface area contributed by atoms with Gasteiger partial charge in [0.2, 0.25) is 0 Å². The van der Waals surface area contributed by atoms with E-state index < -0.39 is 30.6 Å². The Kier molecular flexibility index (Phi) is 3.84. The SMILES string of the molecule is O=[N+]([O-])c1c(Cl)ccc(S(=O)(=O)Nc2ccn[nH]2)c1Cl. The summed E-state index contributed by atoms with van der Waals surface area (Å²) in [5.74, 6) is 0.0960. The summed E-state index contributed by atoms with van der Waals surface area (Å²) in [6, 6.07) is 3.54. The lowest BCUT2D eigenvalue weighted by atomic mass is 10.3. The molecule has 1 heterocycles. The Morgan fingerprint density at radius 1 is 1.30 bits per heavy atom. The number of nitro benzene ring substituents is 1. The predicted molar refractivity (Wildman–Crippen MR) is 72.5 cm³/mol. The molecule has 11 heteroatoms. The number of hydrogen-bond donors (Lipinski definition) is 2. The lowest BCUT2D eigenvalue weighted by Crippen LogP contribution is -2.14. The molecule has 1 aromatic heterocycles. The molecule has 20 heavy (non-hydrogen) atoms. The molecule has 0 aliphatic rings. The Morgan fingerprint density at radius 3 is 2.55 bits per heavy atom. The van der Waals surface area contributed by atoms with Crippen LogP contribution in [0.1, 0.15) is 0 Å². The maximum absolute atomic E-state index is 12.1. The molecule has 2 aromatic rings. The van der Waals surface area contributed by atoms with Crippen molar-refractivity contribution in [2.75, 3.05) is 4.72 Å². The molecule has 0 aliphatic carbocycles. The van der Waals surface area contributed by atoms with Crippen LogP contribution in [0.25, 0.3) is 0 Å². The molecule has 0 spiro atoms. The number of H-pyrrole nitrogens is 1. The van der Waals surface area contributed by atoms with Crippen LogP contribution in [-0.2, 0) is 10.0 Å². The Labute approximate surface area is 122 Å². The number of rotatable bonds is 4. The normalized spacial score (nSPS) is 11.3. The van der Waals surface area contributed by atoms with E-state index in [1.165, 1.54) is 12.3 Å². The average Bonchev–Trinajstić information content (AvgIpc) is 2.79. The third-order valence-corrected chi connectivity index (χ3v) is 4.46. The van der Waals surface area contributed by atoms with Gasteiger partial charge < -0.3 is 0 Å². The molecule has 0 bridgehead atoms. The van der Waals surface area contributed by atoms with Gasteiger partial charge in [-0.3, -0.25) is 19.9 Å². The van der Waals surface area contributed by atoms with Crippen LogP contribution in [0.4, 0.5) is 11.5 Å². The fraction of sp³-hybridized carbons (Fsp3) is 0. The molecular formula is C9H6Cl2N4O4S. The second kappa shape index (κ2) is 5.27. The van der Waals surface area contributed by atoms with Crippen LogP contribution in [0.2, 0.25) is 10.0 Å². The van der Waals surface area contributed by atoms with Gasteiger partial charge in [-0.15, -0.1) is 0 Å². The van der Waals surface area contributed by atoms with E-state index in [-0.39, 0.29) is 10.8 Å². The summed E-state index contributed by atoms with van der Waals surface area (Å²) < 4.78 is 26.3. The largest absolute Gasteiger partial charge is 0.307 e. The summed E-state index contributed by atoms with van der Waals surface area (Å²) in [5, 5.41) is 16.0. The van der Waals surface area contributed by atoms with Gasteiger partial charge in [0, 0.05) is 6.07 Å². The van der Waals surface area contributed by atoms with Crippen molar-refractivity contribution < 1.29 is 13.3 Å². The summed E-state index contributed by atoms with van der Waals surface area (Å²) in [6.45, 7) is 0. The van der Waals surface area contributed by atoms with Crippen LogP contribution in [0.15, 0.2) is 29.3 Å². The zero-order chi connectivity index (χ0) is 14.9. The molecule has 106 valence electrons. The van der Waals surface area contributed by atoms with E-state index in [0.29, 0.717) is 0 Å². The summed E-state index contributed by atoms with van der Waals surface area (Å²) in [6.07, 6.45) is 1.34. The number of nitrogens with zero attached hydrogens (tertiary/aromatic N) is 2. The maximum Gasteiger partial charge on any atom is 0.307 e. The zero-order valence-electron chi connectivity index (χ0n) is 9.50. The van der Waals surface area contributed by atoms with Crippen LogP contribution in [0, 0.1) is 10.1 Å². The third kappa shape index (κ3) is 2.69. The number of hydrogen-bond acceptors (Lipinski definition) is 5. The van der Waals surface area contributed by atoms with Gasteiger partial charge in [0.15, 0.2) is 0 Å². The number of sulfonamides is 1. The Bertz CT molecular complexity index is 761. The van der Waals surface area contributed by atoms with Crippen LogP contribution in [-0.4, -0.2) is 23.5 Å². The first-order valence-electron chi connectivity index (χ1n) is 4.97. The summed E-state index contributed by atoms with van der Waals surface area (Å²) >= 11 is 11.4. The van der Waals surface area contributed by atoms with Crippen LogP contribution in [0.3, 0.4) is 0 Å². The van der Waals surface area contributed by atoms with Gasteiger partial charge in [0.25, 0.3) is 10.0 Å². The molecule has 2 rings (SSSR count). The highest BCUT2D eigenvalue weighted by molar-refractivity contribution is 7.92. The van der Waals surface area contributed by atoms with E-state index in [0.717, 1.165) is 12.1 Å². The number of nitro groups is 1. The minimum atomic E-state index is -4.10. The molecule has 2 N–H and O–H groups in total. The molecule has 0 unspecified atom stereocenters. The van der Waals surface area contributed by atoms with Gasteiger partial charge in [-0.2, -0.15) is 5.10 Å². The second-order valence-corrected chi connectivity index (χ2v) is 5.98. The summed E-state index contributed by atoms with van der Waals surface area (Å²) in [4.78, 5) is 9.54. The Balaban J connectivity index is 2.53. The molecule has 0 aliphatic heterocycles. The van der Waals surface area contributed by atoms with Gasteiger partial charge in [-0.25, -0.2) is 8.42 Å². The van der Waals surface area contributed by atoms with Crippen molar-refractivity contribution >= 4 is 44.7 Å². The van der Waals surface area contributed by atoms with E-state index >= 15 is 0 Å². The number of aromatic amines is 1. The standard InChI is InChI=1S/C9H6Cl2N4O4S/c10-5-1-2-6(8(11)9(5)15(16)17)20(18,19)14-7-3-4-12-13-7/h1-4H,(H2,12,13,14). The van der Waals surface area contributed by atoms with Crippen molar-refractivity contribution in [1.82, 2.24) is 10.2 Å². The Morgan fingerprint density at radius 2 is 2.00 bits per heavy atom. The molecule has 8 nitrogen and oxygen atoms in total. The van der Waals surface area contributed by atoms with Crippen molar-refractivity contribution in [3.63, 3.8) is 0 Å². The van der Waals surface area contributed by atoms with E-state index in [1.54, 1.807) is 0 Å². The number of benzene rings is 1. The highest BCUT2D eigenvalue weighted by Crippen LogP contribution is 2.37. The van der Waals surface area contributed by atoms with Crippen molar-refractivity contribution in [1.29, 1.82) is 0 Å².